The molecule has 2 rings (SSSR count). The molecule has 0 aliphatic rings. The van der Waals surface area contributed by atoms with Gasteiger partial charge in [-0.3, -0.25) is 0 Å². The number of rotatable bonds is 1. The molecule has 0 radical (unpaired) electrons. The summed E-state index contributed by atoms with van der Waals surface area (Å²) >= 11 is 1.07. The number of nitrogens with zero attached hydrogens (tertiary/aromatic N) is 2. The predicted molar refractivity (Wildman–Crippen MR) is 52.2 cm³/mol. The highest BCUT2D eigenvalue weighted by Crippen LogP contribution is 2.27. The van der Waals surface area contributed by atoms with E-state index in [1.54, 1.807) is 0 Å². The van der Waals surface area contributed by atoms with Gasteiger partial charge in [0.05, 0.1) is 6.20 Å². The third-order valence-electron chi connectivity index (χ3n) is 1.78. The summed E-state index contributed by atoms with van der Waals surface area (Å²) in [6, 6.07) is 5.17. The Hall–Kier alpha value is -1.80. The lowest BCUT2D eigenvalue weighted by Crippen LogP contribution is -1.84. The van der Waals surface area contributed by atoms with Crippen LogP contribution < -0.4 is 0 Å². The van der Waals surface area contributed by atoms with Crippen LogP contribution in [0.1, 0.15) is 4.88 Å². The Kier molecular flexibility index (Phi) is 2.44. The van der Waals surface area contributed by atoms with Gasteiger partial charge in [-0.05, 0) is 12.1 Å². The molecule has 0 saturated heterocycles. The van der Waals surface area contributed by atoms with Crippen LogP contribution in [0.3, 0.4) is 0 Å². The van der Waals surface area contributed by atoms with Crippen molar-refractivity contribution in [3.63, 3.8) is 0 Å². The highest BCUT2D eigenvalue weighted by molar-refractivity contribution is 7.15. The van der Waals surface area contributed by atoms with Crippen LogP contribution in [0.5, 0.6) is 0 Å². The molecule has 0 aliphatic heterocycles. The predicted octanol–water partition coefficient (Wildman–Crippen LogP) is 2.96. The van der Waals surface area contributed by atoms with E-state index >= 15 is 0 Å². The number of halogens is 2. The number of aromatic nitrogens is 1. The molecule has 1 aromatic carbocycles. The largest absolute Gasteiger partial charge is 0.243 e. The zero-order valence-electron chi connectivity index (χ0n) is 7.37. The fourth-order valence-electron chi connectivity index (χ4n) is 1.11. The van der Waals surface area contributed by atoms with Crippen molar-refractivity contribution < 1.29 is 8.78 Å². The number of hydrogen-bond acceptors (Lipinski definition) is 3. The van der Waals surface area contributed by atoms with Gasteiger partial charge in [-0.1, -0.05) is 0 Å². The zero-order chi connectivity index (χ0) is 10.8. The first-order valence-corrected chi connectivity index (χ1v) is 4.83. The van der Waals surface area contributed by atoms with Crippen LogP contribution in [-0.4, -0.2) is 4.98 Å². The van der Waals surface area contributed by atoms with E-state index in [0.717, 1.165) is 23.5 Å². The molecule has 0 amide bonds. The molecule has 2 nitrogen and oxygen atoms in total. The maximum absolute atomic E-state index is 13.3. The summed E-state index contributed by atoms with van der Waals surface area (Å²) in [6.07, 6.45) is 1.36. The Morgan fingerprint density at radius 1 is 1.33 bits per heavy atom. The molecule has 1 heterocycles. The molecule has 74 valence electrons. The van der Waals surface area contributed by atoms with Crippen molar-refractivity contribution in [2.24, 2.45) is 0 Å². The summed E-state index contributed by atoms with van der Waals surface area (Å²) < 4.78 is 25.9. The van der Waals surface area contributed by atoms with Crippen molar-refractivity contribution in [3.05, 3.63) is 40.9 Å². The minimum absolute atomic E-state index is 0.211. The second-order valence-electron chi connectivity index (χ2n) is 2.77. The van der Waals surface area contributed by atoms with Crippen molar-refractivity contribution in [1.82, 2.24) is 4.98 Å². The average Bonchev–Trinajstić information content (AvgIpc) is 2.66. The van der Waals surface area contributed by atoms with Crippen LogP contribution in [0.4, 0.5) is 8.78 Å². The van der Waals surface area contributed by atoms with Crippen molar-refractivity contribution in [2.75, 3.05) is 0 Å². The minimum atomic E-state index is -0.672. The maximum atomic E-state index is 13.3. The number of benzene rings is 1. The maximum Gasteiger partial charge on any atom is 0.136 e. The van der Waals surface area contributed by atoms with Crippen molar-refractivity contribution in [3.8, 4) is 16.6 Å². The Morgan fingerprint density at radius 3 is 2.73 bits per heavy atom. The van der Waals surface area contributed by atoms with E-state index in [4.69, 9.17) is 5.26 Å². The fourth-order valence-corrected chi connectivity index (χ4v) is 1.85. The highest BCUT2D eigenvalue weighted by atomic mass is 32.1. The number of thiazole rings is 1. The molecule has 0 atom stereocenters. The topological polar surface area (TPSA) is 36.7 Å². The van der Waals surface area contributed by atoms with E-state index in [2.05, 4.69) is 4.98 Å². The summed E-state index contributed by atoms with van der Waals surface area (Å²) in [4.78, 5) is 4.28. The van der Waals surface area contributed by atoms with Crippen LogP contribution in [-0.2, 0) is 0 Å². The zero-order valence-corrected chi connectivity index (χ0v) is 8.18. The van der Waals surface area contributed by atoms with E-state index in [9.17, 15) is 8.78 Å². The van der Waals surface area contributed by atoms with Gasteiger partial charge in [-0.25, -0.2) is 13.8 Å². The Balaban J connectivity index is 2.50. The Labute approximate surface area is 88.4 Å². The van der Waals surface area contributed by atoms with E-state index in [-0.39, 0.29) is 5.56 Å². The average molecular weight is 222 g/mol. The van der Waals surface area contributed by atoms with Gasteiger partial charge in [-0.2, -0.15) is 5.26 Å². The molecule has 15 heavy (non-hydrogen) atoms. The fraction of sp³-hybridized carbons (Fsp3) is 0. The van der Waals surface area contributed by atoms with Gasteiger partial charge in [0, 0.05) is 11.6 Å². The van der Waals surface area contributed by atoms with Crippen LogP contribution >= 0.6 is 11.3 Å². The molecule has 2 aromatic rings. The summed E-state index contributed by atoms with van der Waals surface area (Å²) in [5, 5.41) is 8.96. The lowest BCUT2D eigenvalue weighted by molar-refractivity contribution is 0.585. The summed E-state index contributed by atoms with van der Waals surface area (Å²) in [7, 11) is 0. The first-order chi connectivity index (χ1) is 7.20. The van der Waals surface area contributed by atoms with Crippen LogP contribution in [0.2, 0.25) is 0 Å². The van der Waals surface area contributed by atoms with Gasteiger partial charge < -0.3 is 0 Å². The highest BCUT2D eigenvalue weighted by Gasteiger charge is 2.10. The van der Waals surface area contributed by atoms with Gasteiger partial charge in [0.25, 0.3) is 0 Å². The molecular weight excluding hydrogens is 218 g/mol. The van der Waals surface area contributed by atoms with Gasteiger partial charge >= 0.3 is 0 Å². The van der Waals surface area contributed by atoms with Gasteiger partial charge in [-0.15, -0.1) is 11.3 Å². The molecular formula is C10H4F2N2S. The second kappa shape index (κ2) is 3.75. The van der Waals surface area contributed by atoms with Crippen LogP contribution in [0.15, 0.2) is 24.4 Å². The van der Waals surface area contributed by atoms with E-state index in [0.29, 0.717) is 9.88 Å². The van der Waals surface area contributed by atoms with E-state index in [1.165, 1.54) is 12.3 Å². The molecule has 5 heteroatoms. The van der Waals surface area contributed by atoms with Gasteiger partial charge in [0.2, 0.25) is 0 Å². The summed E-state index contributed by atoms with van der Waals surface area (Å²) in [5.74, 6) is -1.30. The number of nitriles is 1. The summed E-state index contributed by atoms with van der Waals surface area (Å²) in [6.45, 7) is 0. The summed E-state index contributed by atoms with van der Waals surface area (Å²) in [5.41, 5.74) is 0.211. The van der Waals surface area contributed by atoms with Crippen LogP contribution in [0.25, 0.3) is 10.6 Å². The first-order valence-electron chi connectivity index (χ1n) is 4.02. The number of hydrogen-bond donors (Lipinski definition) is 0. The van der Waals surface area contributed by atoms with E-state index in [1.807, 2.05) is 6.07 Å². The quantitative estimate of drug-likeness (QED) is 0.743. The van der Waals surface area contributed by atoms with Gasteiger partial charge in [0.1, 0.15) is 27.6 Å². The normalized spacial score (nSPS) is 9.93. The molecule has 0 bridgehead atoms. The molecule has 0 fully saturated rings. The second-order valence-corrected chi connectivity index (χ2v) is 3.80. The Bertz CT molecular complexity index is 543. The molecule has 0 spiro atoms. The molecule has 0 unspecified atom stereocenters. The van der Waals surface area contributed by atoms with Crippen LogP contribution in [0, 0.1) is 23.0 Å². The van der Waals surface area contributed by atoms with Crippen molar-refractivity contribution in [1.29, 1.82) is 5.26 Å². The van der Waals surface area contributed by atoms with Gasteiger partial charge in [0.15, 0.2) is 0 Å². The Morgan fingerprint density at radius 2 is 2.13 bits per heavy atom. The smallest absolute Gasteiger partial charge is 0.136 e. The lowest BCUT2D eigenvalue weighted by atomic mass is 10.2. The molecule has 0 N–H and O–H groups in total. The third-order valence-corrected chi connectivity index (χ3v) is 2.71. The minimum Gasteiger partial charge on any atom is -0.243 e. The molecule has 0 aliphatic carbocycles. The van der Waals surface area contributed by atoms with Crippen molar-refractivity contribution >= 4 is 11.3 Å². The molecule has 0 saturated carbocycles. The lowest BCUT2D eigenvalue weighted by Gasteiger charge is -1.97. The molecule has 1 aromatic heterocycles. The monoisotopic (exact) mass is 222 g/mol. The third kappa shape index (κ3) is 1.85. The standard InChI is InChI=1S/C10H4F2N2S/c11-6-1-2-8(9(12)3-6)10-14-5-7(4-13)15-10/h1-3,5H. The SMILES string of the molecule is N#Cc1cnc(-c2ccc(F)cc2F)s1. The van der Waals surface area contributed by atoms with E-state index < -0.39 is 11.6 Å². The first kappa shape index (κ1) is 9.74. The van der Waals surface area contributed by atoms with Crippen molar-refractivity contribution in [2.45, 2.75) is 0 Å².